The lowest BCUT2D eigenvalue weighted by molar-refractivity contribution is 0.102. The number of hydrogen-bond acceptors (Lipinski definition) is 4. The zero-order valence-corrected chi connectivity index (χ0v) is 18.9. The molecule has 3 amide bonds. The van der Waals surface area contributed by atoms with Crippen LogP contribution in [0.3, 0.4) is 0 Å². The summed E-state index contributed by atoms with van der Waals surface area (Å²) in [4.78, 5) is 38.3. The molecule has 0 atom stereocenters. The van der Waals surface area contributed by atoms with Crippen molar-refractivity contribution in [3.05, 3.63) is 94.9 Å². The quantitative estimate of drug-likeness (QED) is 0.383. The summed E-state index contributed by atoms with van der Waals surface area (Å²) in [5.74, 6) is -0.258. The largest absolute Gasteiger partial charge is 0.323 e. The molecule has 4 aromatic rings. The molecule has 4 rings (SSSR count). The molecule has 0 fully saturated rings. The van der Waals surface area contributed by atoms with Crippen LogP contribution >= 0.6 is 0 Å². The van der Waals surface area contributed by atoms with E-state index in [0.717, 1.165) is 0 Å². The van der Waals surface area contributed by atoms with Crippen LogP contribution in [0.2, 0.25) is 0 Å². The van der Waals surface area contributed by atoms with Gasteiger partial charge in [0.25, 0.3) is 11.5 Å². The van der Waals surface area contributed by atoms with Crippen LogP contribution in [0, 0.1) is 5.92 Å². The minimum Gasteiger partial charge on any atom is -0.321 e. The van der Waals surface area contributed by atoms with Crippen LogP contribution in [0.1, 0.15) is 24.3 Å². The third-order valence-corrected chi connectivity index (χ3v) is 5.03. The second-order valence-corrected chi connectivity index (χ2v) is 8.26. The Morgan fingerprint density at radius 1 is 0.794 bits per heavy atom. The fourth-order valence-corrected chi connectivity index (χ4v) is 3.55. The molecule has 0 aliphatic carbocycles. The maximum absolute atomic E-state index is 13.2. The summed E-state index contributed by atoms with van der Waals surface area (Å²) >= 11 is 0. The molecule has 0 spiro atoms. The first-order valence-corrected chi connectivity index (χ1v) is 10.9. The van der Waals surface area contributed by atoms with Crippen LogP contribution in [-0.4, -0.2) is 21.7 Å². The number of benzene rings is 3. The first kappa shape index (κ1) is 22.7. The molecule has 3 aromatic carbocycles. The average Bonchev–Trinajstić information content (AvgIpc) is 2.81. The molecular weight excluding hydrogens is 430 g/mol. The first-order valence-electron chi connectivity index (χ1n) is 10.9. The van der Waals surface area contributed by atoms with E-state index in [0.29, 0.717) is 34.4 Å². The van der Waals surface area contributed by atoms with Crippen LogP contribution in [0.15, 0.2) is 83.7 Å². The van der Waals surface area contributed by atoms with Crippen molar-refractivity contribution >= 4 is 39.8 Å². The maximum atomic E-state index is 13.2. The second kappa shape index (κ2) is 9.99. The van der Waals surface area contributed by atoms with Crippen molar-refractivity contribution in [3.8, 4) is 0 Å². The zero-order chi connectivity index (χ0) is 24.1. The van der Waals surface area contributed by atoms with E-state index in [9.17, 15) is 14.4 Å². The minimum absolute atomic E-state index is 0.163. The van der Waals surface area contributed by atoms with Crippen LogP contribution in [0.25, 0.3) is 10.8 Å². The highest BCUT2D eigenvalue weighted by molar-refractivity contribution is 6.11. The second-order valence-electron chi connectivity index (χ2n) is 8.26. The molecule has 1 heterocycles. The van der Waals surface area contributed by atoms with Gasteiger partial charge in [0.05, 0.1) is 5.39 Å². The third kappa shape index (κ3) is 5.29. The number of carbonyl (C=O) groups excluding carboxylic acids is 2. The van der Waals surface area contributed by atoms with Gasteiger partial charge in [0, 0.05) is 29.0 Å². The Labute approximate surface area is 196 Å². The number of nitrogens with one attached hydrogen (secondary N) is 3. The summed E-state index contributed by atoms with van der Waals surface area (Å²) in [6, 6.07) is 22.4. The van der Waals surface area contributed by atoms with E-state index < -0.39 is 11.9 Å². The lowest BCUT2D eigenvalue weighted by atomic mass is 10.1. The van der Waals surface area contributed by atoms with Crippen LogP contribution < -0.4 is 21.5 Å². The third-order valence-electron chi connectivity index (χ3n) is 5.03. The summed E-state index contributed by atoms with van der Waals surface area (Å²) in [6.07, 6.45) is 0. The predicted molar refractivity (Wildman–Crippen MR) is 134 cm³/mol. The Bertz CT molecular complexity index is 1400. The summed E-state index contributed by atoms with van der Waals surface area (Å²) in [5, 5.41) is 13.6. The van der Waals surface area contributed by atoms with Crippen molar-refractivity contribution in [1.82, 2.24) is 9.78 Å². The number of carbonyl (C=O) groups is 2. The highest BCUT2D eigenvalue weighted by Gasteiger charge is 2.17. The predicted octanol–water partition coefficient (Wildman–Crippen LogP) is 4.95. The maximum Gasteiger partial charge on any atom is 0.323 e. The SMILES string of the molecule is CC(C)Cn1nc(C(=O)Nc2cccc(NC(=O)Nc3ccccc3)c2)c2ccccc2c1=O. The number of para-hydroxylation sites is 1. The zero-order valence-electron chi connectivity index (χ0n) is 18.9. The van der Waals surface area contributed by atoms with Gasteiger partial charge in [-0.05, 0) is 42.3 Å². The van der Waals surface area contributed by atoms with Crippen molar-refractivity contribution in [3.63, 3.8) is 0 Å². The van der Waals surface area contributed by atoms with E-state index in [-0.39, 0.29) is 17.2 Å². The van der Waals surface area contributed by atoms with E-state index >= 15 is 0 Å². The van der Waals surface area contributed by atoms with E-state index in [2.05, 4.69) is 21.0 Å². The van der Waals surface area contributed by atoms with Gasteiger partial charge in [-0.1, -0.05) is 56.3 Å². The monoisotopic (exact) mass is 455 g/mol. The number of fused-ring (bicyclic) bond motifs is 1. The average molecular weight is 456 g/mol. The molecule has 0 aliphatic heterocycles. The van der Waals surface area contributed by atoms with Gasteiger partial charge in [-0.25, -0.2) is 9.48 Å². The summed E-state index contributed by atoms with van der Waals surface area (Å²) < 4.78 is 1.34. The van der Waals surface area contributed by atoms with Crippen LogP contribution in [0.5, 0.6) is 0 Å². The lowest BCUT2D eigenvalue weighted by Crippen LogP contribution is -2.29. The number of amides is 3. The van der Waals surface area contributed by atoms with Crippen LogP contribution in [-0.2, 0) is 6.54 Å². The summed E-state index contributed by atoms with van der Waals surface area (Å²) in [7, 11) is 0. The van der Waals surface area contributed by atoms with Gasteiger partial charge in [0.2, 0.25) is 0 Å². The Morgan fingerprint density at radius 3 is 2.09 bits per heavy atom. The van der Waals surface area contributed by atoms with Gasteiger partial charge in [0.1, 0.15) is 0 Å². The Morgan fingerprint density at radius 2 is 1.38 bits per heavy atom. The van der Waals surface area contributed by atoms with E-state index in [1.807, 2.05) is 32.0 Å². The van der Waals surface area contributed by atoms with E-state index in [1.54, 1.807) is 60.7 Å². The molecule has 0 unspecified atom stereocenters. The van der Waals surface area contributed by atoms with Gasteiger partial charge < -0.3 is 16.0 Å². The van der Waals surface area contributed by atoms with E-state index in [4.69, 9.17) is 0 Å². The molecule has 8 nitrogen and oxygen atoms in total. The molecular formula is C26H25N5O3. The molecule has 0 saturated carbocycles. The van der Waals surface area contributed by atoms with Crippen molar-refractivity contribution < 1.29 is 9.59 Å². The molecule has 172 valence electrons. The summed E-state index contributed by atoms with van der Waals surface area (Å²) in [6.45, 7) is 4.37. The van der Waals surface area contributed by atoms with Crippen molar-refractivity contribution in [1.29, 1.82) is 0 Å². The smallest absolute Gasteiger partial charge is 0.321 e. The van der Waals surface area contributed by atoms with Gasteiger partial charge in [0.15, 0.2) is 5.69 Å². The first-order chi connectivity index (χ1) is 16.4. The molecule has 0 radical (unpaired) electrons. The Balaban J connectivity index is 1.56. The van der Waals surface area contributed by atoms with Crippen molar-refractivity contribution in [2.24, 2.45) is 5.92 Å². The standard InChI is InChI=1S/C26H25N5O3/c1-17(2)16-31-25(33)22-14-7-6-13-21(22)23(30-31)24(32)27-19-11-8-12-20(15-19)29-26(34)28-18-9-4-3-5-10-18/h3-15,17H,16H2,1-2H3,(H,27,32)(H2,28,29,34). The molecule has 34 heavy (non-hydrogen) atoms. The number of anilines is 3. The lowest BCUT2D eigenvalue weighted by Gasteiger charge is -2.13. The van der Waals surface area contributed by atoms with Gasteiger partial charge in [-0.15, -0.1) is 0 Å². The highest BCUT2D eigenvalue weighted by Crippen LogP contribution is 2.19. The number of aromatic nitrogens is 2. The fourth-order valence-electron chi connectivity index (χ4n) is 3.55. The Hall–Kier alpha value is -4.46. The molecule has 0 aliphatic rings. The molecule has 0 saturated heterocycles. The molecule has 8 heteroatoms. The highest BCUT2D eigenvalue weighted by atomic mass is 16.2. The molecule has 0 bridgehead atoms. The normalized spacial score (nSPS) is 10.8. The van der Waals surface area contributed by atoms with Crippen LogP contribution in [0.4, 0.5) is 21.9 Å². The molecule has 3 N–H and O–H groups in total. The van der Waals surface area contributed by atoms with E-state index in [1.165, 1.54) is 4.68 Å². The number of nitrogens with zero attached hydrogens (tertiary/aromatic N) is 2. The Kier molecular flexibility index (Phi) is 6.68. The van der Waals surface area contributed by atoms with Gasteiger partial charge >= 0.3 is 6.03 Å². The van der Waals surface area contributed by atoms with Gasteiger partial charge in [-0.2, -0.15) is 5.10 Å². The summed E-state index contributed by atoms with van der Waals surface area (Å²) in [5.41, 5.74) is 1.59. The van der Waals surface area contributed by atoms with Crippen molar-refractivity contribution in [2.45, 2.75) is 20.4 Å². The number of hydrogen-bond donors (Lipinski definition) is 3. The number of rotatable bonds is 6. The van der Waals surface area contributed by atoms with Crippen molar-refractivity contribution in [2.75, 3.05) is 16.0 Å². The number of urea groups is 1. The topological polar surface area (TPSA) is 105 Å². The van der Waals surface area contributed by atoms with Gasteiger partial charge in [-0.3, -0.25) is 9.59 Å². The minimum atomic E-state index is -0.445. The molecule has 1 aromatic heterocycles. The fraction of sp³-hybridized carbons (Fsp3) is 0.154.